The van der Waals surface area contributed by atoms with Crippen LogP contribution >= 0.6 is 11.3 Å². The minimum atomic E-state index is -0.527. The Balaban J connectivity index is 2.37. The summed E-state index contributed by atoms with van der Waals surface area (Å²) in [6, 6.07) is 1.70. The molecule has 1 rings (SSSR count). The van der Waals surface area contributed by atoms with Crippen LogP contribution in [0.4, 0.5) is 4.79 Å². The summed E-state index contributed by atoms with van der Waals surface area (Å²) in [4.78, 5) is 24.2. The number of thiophene rings is 1. The first kappa shape index (κ1) is 16.5. The molecule has 0 aliphatic carbocycles. The minimum Gasteiger partial charge on any atom is -0.444 e. The highest BCUT2D eigenvalue weighted by Crippen LogP contribution is 2.14. The Morgan fingerprint density at radius 2 is 2.05 bits per heavy atom. The van der Waals surface area contributed by atoms with Crippen molar-refractivity contribution in [2.24, 2.45) is 0 Å². The van der Waals surface area contributed by atoms with Crippen molar-refractivity contribution in [2.45, 2.75) is 46.3 Å². The van der Waals surface area contributed by atoms with Crippen LogP contribution in [0.2, 0.25) is 0 Å². The van der Waals surface area contributed by atoms with E-state index in [1.54, 1.807) is 20.8 Å². The first-order valence-electron chi connectivity index (χ1n) is 6.51. The van der Waals surface area contributed by atoms with Crippen LogP contribution in [0, 0.1) is 6.92 Å². The lowest BCUT2D eigenvalue weighted by Gasteiger charge is -2.22. The van der Waals surface area contributed by atoms with Crippen molar-refractivity contribution in [2.75, 3.05) is 6.54 Å². The Labute approximate surface area is 123 Å². The molecule has 5 nitrogen and oxygen atoms in total. The summed E-state index contributed by atoms with van der Waals surface area (Å²) >= 11 is 1.41. The fourth-order valence-corrected chi connectivity index (χ4v) is 2.33. The molecule has 0 fully saturated rings. The normalized spacial score (nSPS) is 12.7. The molecule has 0 radical (unpaired) electrons. The number of hydrogen-bond acceptors (Lipinski definition) is 4. The average molecular weight is 298 g/mol. The number of alkyl carbamates (subject to hydrolysis) is 1. The van der Waals surface area contributed by atoms with E-state index in [0.29, 0.717) is 11.4 Å². The molecule has 1 aromatic heterocycles. The molecule has 0 bridgehead atoms. The summed E-state index contributed by atoms with van der Waals surface area (Å²) in [7, 11) is 0. The topological polar surface area (TPSA) is 67.4 Å². The van der Waals surface area contributed by atoms with Crippen LogP contribution in [0.3, 0.4) is 0 Å². The fraction of sp³-hybridized carbons (Fsp3) is 0.571. The molecule has 0 saturated carbocycles. The lowest BCUT2D eigenvalue weighted by molar-refractivity contribution is 0.0506. The third-order valence-electron chi connectivity index (χ3n) is 2.40. The molecule has 2 N–H and O–H groups in total. The van der Waals surface area contributed by atoms with Gasteiger partial charge in [0, 0.05) is 12.6 Å². The molecule has 0 unspecified atom stereocenters. The summed E-state index contributed by atoms with van der Waals surface area (Å²) in [5.41, 5.74) is 0.432. The summed E-state index contributed by atoms with van der Waals surface area (Å²) in [6.07, 6.45) is -0.480. The van der Waals surface area contributed by atoms with Gasteiger partial charge >= 0.3 is 6.09 Å². The van der Waals surface area contributed by atoms with Crippen molar-refractivity contribution >= 4 is 23.3 Å². The van der Waals surface area contributed by atoms with Crippen LogP contribution in [-0.2, 0) is 4.74 Å². The zero-order chi connectivity index (χ0) is 15.3. The van der Waals surface area contributed by atoms with Crippen LogP contribution in [0.25, 0.3) is 0 Å². The van der Waals surface area contributed by atoms with Gasteiger partial charge in [-0.2, -0.15) is 0 Å². The second-order valence-corrected chi connectivity index (χ2v) is 6.61. The molecular formula is C14H22N2O3S. The molecule has 0 aliphatic heterocycles. The van der Waals surface area contributed by atoms with Crippen LogP contribution in [0.5, 0.6) is 0 Å². The molecule has 0 saturated heterocycles. The van der Waals surface area contributed by atoms with Crippen molar-refractivity contribution in [1.82, 2.24) is 10.6 Å². The van der Waals surface area contributed by atoms with E-state index in [1.165, 1.54) is 11.3 Å². The molecule has 0 aromatic carbocycles. The number of carbonyl (C=O) groups is 2. The molecule has 1 atom stereocenters. The Morgan fingerprint density at radius 3 is 2.55 bits per heavy atom. The third kappa shape index (κ3) is 5.61. The lowest BCUT2D eigenvalue weighted by Crippen LogP contribution is -2.43. The van der Waals surface area contributed by atoms with Crippen LogP contribution in [0.1, 0.15) is 42.9 Å². The molecule has 0 spiro atoms. The van der Waals surface area contributed by atoms with Gasteiger partial charge in [-0.05, 0) is 51.6 Å². The van der Waals surface area contributed by atoms with E-state index in [4.69, 9.17) is 4.74 Å². The average Bonchev–Trinajstić information content (AvgIpc) is 2.69. The largest absolute Gasteiger partial charge is 0.444 e. The Bertz CT molecular complexity index is 477. The smallest absolute Gasteiger partial charge is 0.407 e. The first-order chi connectivity index (χ1) is 9.19. The van der Waals surface area contributed by atoms with E-state index in [-0.39, 0.29) is 11.9 Å². The van der Waals surface area contributed by atoms with Gasteiger partial charge in [-0.3, -0.25) is 4.79 Å². The standard InChI is InChI=1S/C14H22N2O3S/c1-9-6-7-20-11(9)12(17)15-8-10(2)16-13(18)19-14(3,4)5/h6-7,10H,8H2,1-5H3,(H,15,17)(H,16,18)/t10-/m1/s1. The van der Waals surface area contributed by atoms with Crippen molar-refractivity contribution in [3.63, 3.8) is 0 Å². The van der Waals surface area contributed by atoms with Gasteiger partial charge in [0.15, 0.2) is 0 Å². The fourth-order valence-electron chi connectivity index (χ4n) is 1.49. The highest BCUT2D eigenvalue weighted by atomic mass is 32.1. The molecule has 1 aromatic rings. The Kier molecular flexibility index (Phi) is 5.56. The predicted octanol–water partition coefficient (Wildman–Crippen LogP) is 2.70. The van der Waals surface area contributed by atoms with Gasteiger partial charge in [0.2, 0.25) is 0 Å². The van der Waals surface area contributed by atoms with Gasteiger partial charge in [-0.15, -0.1) is 11.3 Å². The Morgan fingerprint density at radius 1 is 1.40 bits per heavy atom. The molecule has 1 heterocycles. The summed E-state index contributed by atoms with van der Waals surface area (Å²) in [5, 5.41) is 7.36. The molecule has 2 amide bonds. The number of aryl methyl sites for hydroxylation is 1. The lowest BCUT2D eigenvalue weighted by atomic mass is 10.2. The quantitative estimate of drug-likeness (QED) is 0.898. The van der Waals surface area contributed by atoms with Gasteiger partial charge in [0.05, 0.1) is 4.88 Å². The minimum absolute atomic E-state index is 0.115. The number of hydrogen-bond donors (Lipinski definition) is 2. The number of amides is 2. The van der Waals surface area contributed by atoms with Crippen molar-refractivity contribution < 1.29 is 14.3 Å². The highest BCUT2D eigenvalue weighted by Gasteiger charge is 2.18. The summed E-state index contributed by atoms with van der Waals surface area (Å²) < 4.78 is 5.15. The number of ether oxygens (including phenoxy) is 1. The molecule has 6 heteroatoms. The van der Waals surface area contributed by atoms with Crippen molar-refractivity contribution in [1.29, 1.82) is 0 Å². The van der Waals surface area contributed by atoms with E-state index >= 15 is 0 Å². The van der Waals surface area contributed by atoms with Crippen molar-refractivity contribution in [3.05, 3.63) is 21.9 Å². The maximum atomic E-state index is 11.9. The van der Waals surface area contributed by atoms with Crippen molar-refractivity contribution in [3.8, 4) is 0 Å². The van der Waals surface area contributed by atoms with E-state index in [0.717, 1.165) is 5.56 Å². The maximum absolute atomic E-state index is 11.9. The monoisotopic (exact) mass is 298 g/mol. The molecule has 112 valence electrons. The molecule has 0 aliphatic rings. The predicted molar refractivity (Wildman–Crippen MR) is 80.2 cm³/mol. The third-order valence-corrected chi connectivity index (χ3v) is 3.42. The zero-order valence-electron chi connectivity index (χ0n) is 12.6. The number of carbonyl (C=O) groups excluding carboxylic acids is 2. The number of nitrogens with one attached hydrogen (secondary N) is 2. The van der Waals surface area contributed by atoms with E-state index in [1.807, 2.05) is 25.3 Å². The first-order valence-corrected chi connectivity index (χ1v) is 7.39. The number of rotatable bonds is 4. The van der Waals surface area contributed by atoms with E-state index in [9.17, 15) is 9.59 Å². The summed E-state index contributed by atoms with van der Waals surface area (Å²) in [6.45, 7) is 9.48. The van der Waals surface area contributed by atoms with Crippen LogP contribution < -0.4 is 10.6 Å². The van der Waals surface area contributed by atoms with Gasteiger partial charge in [0.1, 0.15) is 5.60 Å². The van der Waals surface area contributed by atoms with Gasteiger partial charge in [-0.1, -0.05) is 0 Å². The highest BCUT2D eigenvalue weighted by molar-refractivity contribution is 7.12. The van der Waals surface area contributed by atoms with Gasteiger partial charge in [-0.25, -0.2) is 4.79 Å². The van der Waals surface area contributed by atoms with Crippen LogP contribution in [-0.4, -0.2) is 30.2 Å². The molecule has 20 heavy (non-hydrogen) atoms. The second-order valence-electron chi connectivity index (χ2n) is 5.69. The maximum Gasteiger partial charge on any atom is 0.407 e. The van der Waals surface area contributed by atoms with E-state index in [2.05, 4.69) is 10.6 Å². The second kappa shape index (κ2) is 6.74. The van der Waals surface area contributed by atoms with Gasteiger partial charge < -0.3 is 15.4 Å². The summed E-state index contributed by atoms with van der Waals surface area (Å²) in [5.74, 6) is -0.115. The van der Waals surface area contributed by atoms with E-state index < -0.39 is 11.7 Å². The van der Waals surface area contributed by atoms with Gasteiger partial charge in [0.25, 0.3) is 5.91 Å². The molecular weight excluding hydrogens is 276 g/mol. The van der Waals surface area contributed by atoms with Crippen LogP contribution in [0.15, 0.2) is 11.4 Å². The zero-order valence-corrected chi connectivity index (χ0v) is 13.4. The SMILES string of the molecule is Cc1ccsc1C(=O)NC[C@@H](C)NC(=O)OC(C)(C)C. The Hall–Kier alpha value is -1.56.